The lowest BCUT2D eigenvalue weighted by molar-refractivity contribution is 0.0696. The van der Waals surface area contributed by atoms with Crippen LogP contribution in [0, 0.1) is 12.1 Å². The topological polar surface area (TPSA) is 98.7 Å². The number of carbonyl (C=O) groups is 2. The summed E-state index contributed by atoms with van der Waals surface area (Å²) in [6.45, 7) is 0.493. The molecule has 0 spiro atoms. The van der Waals surface area contributed by atoms with E-state index >= 15 is 0 Å². The average Bonchev–Trinajstić information content (AvgIpc) is 3.07. The Bertz CT molecular complexity index is 764. The fraction of sp³-hybridized carbons (Fsp3) is 0.300. The molecule has 2 aromatic carbocycles. The number of carboxylic acid groups (broad SMARTS) is 1. The summed E-state index contributed by atoms with van der Waals surface area (Å²) in [6, 6.07) is 15.9. The highest BCUT2D eigenvalue weighted by Crippen LogP contribution is 2.19. The van der Waals surface area contributed by atoms with Crippen LogP contribution in [0.4, 0.5) is 0 Å². The zero-order valence-electron chi connectivity index (χ0n) is 14.2. The van der Waals surface area contributed by atoms with E-state index in [9.17, 15) is 14.7 Å². The first kappa shape index (κ1) is 17.9. The average molecular weight is 352 g/mol. The number of fused-ring (bicyclic) bond motifs is 1. The van der Waals surface area contributed by atoms with Gasteiger partial charge >= 0.3 is 5.97 Å². The van der Waals surface area contributed by atoms with Gasteiger partial charge in [-0.1, -0.05) is 12.1 Å². The largest absolute Gasteiger partial charge is 0.478 e. The molecule has 0 bridgehead atoms. The molecule has 6 nitrogen and oxygen atoms in total. The van der Waals surface area contributed by atoms with E-state index in [4.69, 9.17) is 5.11 Å². The molecule has 1 aliphatic rings. The molecule has 26 heavy (non-hydrogen) atoms. The van der Waals surface area contributed by atoms with E-state index in [0.717, 1.165) is 18.4 Å². The van der Waals surface area contributed by atoms with Gasteiger partial charge in [-0.05, 0) is 54.8 Å². The molecule has 134 valence electrons. The van der Waals surface area contributed by atoms with Crippen LogP contribution in [-0.4, -0.2) is 47.3 Å². The summed E-state index contributed by atoms with van der Waals surface area (Å²) >= 11 is 0. The molecule has 0 saturated carbocycles. The molecule has 0 aromatic heterocycles. The molecular weight excluding hydrogens is 332 g/mol. The van der Waals surface area contributed by atoms with Crippen molar-refractivity contribution in [1.29, 1.82) is 0 Å². The van der Waals surface area contributed by atoms with Gasteiger partial charge in [-0.25, -0.2) is 4.79 Å². The van der Waals surface area contributed by atoms with Crippen molar-refractivity contribution in [3.8, 4) is 0 Å². The highest BCUT2D eigenvalue weighted by atomic mass is 16.4. The third-order valence-electron chi connectivity index (χ3n) is 4.43. The minimum absolute atomic E-state index is 0.117. The number of aromatic carboxylic acids is 1. The molecule has 0 aliphatic heterocycles. The first-order valence-corrected chi connectivity index (χ1v) is 8.46. The molecule has 6 heteroatoms. The van der Waals surface area contributed by atoms with Gasteiger partial charge < -0.3 is 20.8 Å². The number of carbonyl (C=O) groups excluding carboxylic acids is 1. The van der Waals surface area contributed by atoms with Crippen molar-refractivity contribution in [2.75, 3.05) is 13.1 Å². The Labute approximate surface area is 151 Å². The van der Waals surface area contributed by atoms with Gasteiger partial charge in [0.2, 0.25) is 0 Å². The lowest BCUT2D eigenvalue weighted by Crippen LogP contribution is -2.41. The van der Waals surface area contributed by atoms with Gasteiger partial charge in [-0.2, -0.15) is 0 Å². The summed E-state index contributed by atoms with van der Waals surface area (Å²) in [4.78, 5) is 22.8. The van der Waals surface area contributed by atoms with Gasteiger partial charge in [0, 0.05) is 30.3 Å². The second kappa shape index (κ2) is 8.00. The van der Waals surface area contributed by atoms with Crippen molar-refractivity contribution >= 4 is 11.9 Å². The van der Waals surface area contributed by atoms with E-state index < -0.39 is 12.1 Å². The van der Waals surface area contributed by atoms with Gasteiger partial charge in [0.15, 0.2) is 0 Å². The number of hydrogen-bond acceptors (Lipinski definition) is 4. The number of amides is 1. The number of nitrogens with one attached hydrogen (secondary N) is 2. The fourth-order valence-corrected chi connectivity index (χ4v) is 3.01. The number of aliphatic hydroxyl groups excluding tert-OH is 1. The highest BCUT2D eigenvalue weighted by Gasteiger charge is 2.21. The van der Waals surface area contributed by atoms with Gasteiger partial charge in [0.1, 0.15) is 0 Å². The Balaban J connectivity index is 1.41. The maximum atomic E-state index is 12.0. The Morgan fingerprint density at radius 3 is 2.54 bits per heavy atom. The van der Waals surface area contributed by atoms with Crippen LogP contribution >= 0.6 is 0 Å². The number of aliphatic hydroxyl groups is 1. The molecule has 2 atom stereocenters. The van der Waals surface area contributed by atoms with Crippen molar-refractivity contribution in [3.63, 3.8) is 0 Å². The van der Waals surface area contributed by atoms with Crippen LogP contribution in [0.1, 0.15) is 31.8 Å². The lowest BCUT2D eigenvalue weighted by atomic mass is 10.1. The first-order valence-electron chi connectivity index (χ1n) is 8.46. The van der Waals surface area contributed by atoms with Crippen LogP contribution in [0.3, 0.4) is 0 Å². The van der Waals surface area contributed by atoms with Gasteiger partial charge in [-0.3, -0.25) is 4.79 Å². The van der Waals surface area contributed by atoms with Crippen LogP contribution < -0.4 is 10.6 Å². The van der Waals surface area contributed by atoms with E-state index in [0.29, 0.717) is 12.1 Å². The van der Waals surface area contributed by atoms with E-state index in [1.54, 1.807) is 0 Å². The number of carboxylic acids is 1. The zero-order chi connectivity index (χ0) is 18.5. The van der Waals surface area contributed by atoms with Crippen molar-refractivity contribution in [2.24, 2.45) is 0 Å². The SMILES string of the molecule is O=C(O)c1ccc(C(=O)NCC(O)CNC2Cc3c#cccc3C2)cc1. The second-order valence-electron chi connectivity index (χ2n) is 6.37. The lowest BCUT2D eigenvalue weighted by Gasteiger charge is -2.16. The van der Waals surface area contributed by atoms with Crippen LogP contribution in [0.5, 0.6) is 0 Å². The van der Waals surface area contributed by atoms with E-state index in [-0.39, 0.29) is 24.1 Å². The predicted molar refractivity (Wildman–Crippen MR) is 95.1 cm³/mol. The number of hydrogen-bond donors (Lipinski definition) is 4. The van der Waals surface area contributed by atoms with Gasteiger partial charge in [-0.15, -0.1) is 0 Å². The zero-order valence-corrected chi connectivity index (χ0v) is 14.2. The minimum Gasteiger partial charge on any atom is -0.478 e. The van der Waals surface area contributed by atoms with Crippen LogP contribution in [0.15, 0.2) is 36.4 Å². The molecule has 0 radical (unpaired) electrons. The maximum absolute atomic E-state index is 12.0. The summed E-state index contributed by atoms with van der Waals surface area (Å²) < 4.78 is 0. The third-order valence-corrected chi connectivity index (χ3v) is 4.43. The first-order chi connectivity index (χ1) is 12.5. The highest BCUT2D eigenvalue weighted by molar-refractivity contribution is 5.95. The number of rotatable bonds is 7. The normalized spacial score (nSPS) is 14.3. The Hall–Kier alpha value is -2.88. The summed E-state index contributed by atoms with van der Waals surface area (Å²) in [5, 5.41) is 24.9. The maximum Gasteiger partial charge on any atom is 0.335 e. The molecule has 2 unspecified atom stereocenters. The van der Waals surface area contributed by atoms with Gasteiger partial charge in [0.05, 0.1) is 11.7 Å². The van der Waals surface area contributed by atoms with Crippen LogP contribution in [0.2, 0.25) is 0 Å². The Morgan fingerprint density at radius 2 is 1.85 bits per heavy atom. The van der Waals surface area contributed by atoms with E-state index in [1.807, 2.05) is 12.1 Å². The quantitative estimate of drug-likeness (QED) is 0.592. The number of benzene rings is 1. The molecule has 1 aliphatic carbocycles. The van der Waals surface area contributed by atoms with Crippen molar-refractivity contribution in [1.82, 2.24) is 10.6 Å². The Kier molecular flexibility index (Phi) is 5.52. The van der Waals surface area contributed by atoms with Gasteiger partial charge in [0.25, 0.3) is 5.91 Å². The summed E-state index contributed by atoms with van der Waals surface area (Å²) in [5.41, 5.74) is 2.90. The fourth-order valence-electron chi connectivity index (χ4n) is 3.01. The molecular formula is C20H20N2O4. The third kappa shape index (κ3) is 4.39. The Morgan fingerprint density at radius 1 is 1.12 bits per heavy atom. The van der Waals surface area contributed by atoms with Crippen molar-refractivity contribution in [3.05, 3.63) is 70.8 Å². The summed E-state index contributed by atoms with van der Waals surface area (Å²) in [6.07, 6.45) is 1.05. The second-order valence-corrected chi connectivity index (χ2v) is 6.37. The molecule has 2 aromatic rings. The molecule has 3 rings (SSSR count). The van der Waals surface area contributed by atoms with E-state index in [2.05, 4.69) is 22.8 Å². The van der Waals surface area contributed by atoms with Crippen LogP contribution in [0.25, 0.3) is 0 Å². The smallest absolute Gasteiger partial charge is 0.335 e. The van der Waals surface area contributed by atoms with Crippen molar-refractivity contribution in [2.45, 2.75) is 25.0 Å². The van der Waals surface area contributed by atoms with Crippen LogP contribution in [-0.2, 0) is 12.8 Å². The molecule has 1 amide bonds. The molecule has 0 saturated heterocycles. The predicted octanol–water partition coefficient (Wildman–Crippen LogP) is 0.833. The van der Waals surface area contributed by atoms with E-state index in [1.165, 1.54) is 29.8 Å². The summed E-state index contributed by atoms with van der Waals surface area (Å²) in [7, 11) is 0. The summed E-state index contributed by atoms with van der Waals surface area (Å²) in [5.74, 6) is -1.39. The molecule has 4 N–H and O–H groups in total. The monoisotopic (exact) mass is 352 g/mol. The molecule has 0 fully saturated rings. The standard InChI is InChI=1S/C20H20N2O4/c23-18(11-21-17-9-15-3-1-2-4-16(15)10-17)12-22-19(24)13-5-7-14(8-6-13)20(25)26/h1,3,5-8,17-18,21,23H,9-12H2,(H,22,24)(H,25,26). The van der Waals surface area contributed by atoms with Crippen molar-refractivity contribution < 1.29 is 19.8 Å². The minimum atomic E-state index is -1.04. The molecule has 0 heterocycles.